The van der Waals surface area contributed by atoms with E-state index in [1.54, 1.807) is 27.7 Å². The van der Waals surface area contributed by atoms with Crippen molar-refractivity contribution in [1.29, 1.82) is 0 Å². The van der Waals surface area contributed by atoms with Gasteiger partial charge < -0.3 is 18.1 Å². The minimum absolute atomic E-state index is 0.118. The van der Waals surface area contributed by atoms with Crippen LogP contribution in [0.5, 0.6) is 0 Å². The number of nitrogens with zero attached hydrogens (tertiary/aromatic N) is 1. The Hall–Kier alpha value is -0.810. The molecule has 7 nitrogen and oxygen atoms in total. The van der Waals surface area contributed by atoms with E-state index in [1.165, 1.54) is 6.21 Å². The van der Waals surface area contributed by atoms with E-state index < -0.39 is 20.7 Å². The van der Waals surface area contributed by atoms with Crippen LogP contribution in [0.25, 0.3) is 0 Å². The normalized spacial score (nSPS) is 13.0. The lowest BCUT2D eigenvalue weighted by Crippen LogP contribution is -2.16. The molecule has 0 spiro atoms. The quantitative estimate of drug-likeness (QED) is 0.371. The Morgan fingerprint density at radius 3 is 1.60 bits per heavy atom. The van der Waals surface area contributed by atoms with Crippen LogP contribution in [-0.4, -0.2) is 38.2 Å². The molecule has 0 aliphatic heterocycles. The predicted octanol–water partition coefficient (Wildman–Crippen LogP) is 4.92. The highest BCUT2D eigenvalue weighted by Gasteiger charge is 2.50. The summed E-state index contributed by atoms with van der Waals surface area (Å²) >= 11 is 0. The fourth-order valence-corrected chi connectivity index (χ4v) is 6.86. The number of hydrogen-bond acceptors (Lipinski definition) is 7. The zero-order chi connectivity index (χ0) is 18.8. The van der Waals surface area contributed by atoms with Crippen LogP contribution in [0.4, 0.5) is 0 Å². The molecular formula is C16H27NO6P2. The smallest absolute Gasteiger partial charge is 0.307 e. The van der Waals surface area contributed by atoms with Gasteiger partial charge in [0.15, 0.2) is 0 Å². The molecule has 0 radical (unpaired) electrons. The lowest BCUT2D eigenvalue weighted by atomic mass is 10.2. The summed E-state index contributed by atoms with van der Waals surface area (Å²) < 4.78 is 47.9. The lowest BCUT2D eigenvalue weighted by Gasteiger charge is -2.28. The van der Waals surface area contributed by atoms with Crippen LogP contribution in [0.1, 0.15) is 33.3 Å². The molecule has 1 aromatic carbocycles. The Labute approximate surface area is 149 Å². The Morgan fingerprint density at radius 1 is 0.840 bits per heavy atom. The second kappa shape index (κ2) is 11.0. The lowest BCUT2D eigenvalue weighted by molar-refractivity contribution is 0.196. The molecule has 1 rings (SSSR count). The van der Waals surface area contributed by atoms with Crippen LogP contribution in [-0.2, 0) is 27.2 Å². The highest BCUT2D eigenvalue weighted by atomic mass is 31.2. The summed E-state index contributed by atoms with van der Waals surface area (Å²) in [7, 11) is -7.72. The van der Waals surface area contributed by atoms with Crippen LogP contribution >= 0.6 is 15.2 Å². The Kier molecular flexibility index (Phi) is 9.80. The van der Waals surface area contributed by atoms with E-state index in [2.05, 4.69) is 4.99 Å². The molecular weight excluding hydrogens is 364 g/mol. The van der Waals surface area contributed by atoms with Crippen molar-refractivity contribution in [3.8, 4) is 0 Å². The number of benzene rings is 1. The van der Waals surface area contributed by atoms with Gasteiger partial charge in [-0.25, -0.2) is 0 Å². The molecule has 0 bridgehead atoms. The van der Waals surface area contributed by atoms with Gasteiger partial charge in [-0.15, -0.1) is 0 Å². The second-order valence-corrected chi connectivity index (χ2v) is 9.36. The van der Waals surface area contributed by atoms with E-state index in [0.717, 1.165) is 5.56 Å². The Balaban J connectivity index is 3.35. The molecule has 0 aliphatic carbocycles. The van der Waals surface area contributed by atoms with Gasteiger partial charge in [0, 0.05) is 6.21 Å². The van der Waals surface area contributed by atoms with Gasteiger partial charge in [0.05, 0.1) is 26.4 Å². The van der Waals surface area contributed by atoms with E-state index in [-0.39, 0.29) is 26.4 Å². The maximum absolute atomic E-state index is 13.2. The molecule has 25 heavy (non-hydrogen) atoms. The van der Waals surface area contributed by atoms with Crippen LogP contribution in [0, 0.1) is 0 Å². The van der Waals surface area contributed by atoms with Crippen LogP contribution in [0.3, 0.4) is 0 Å². The zero-order valence-corrected chi connectivity index (χ0v) is 16.9. The van der Waals surface area contributed by atoms with Crippen LogP contribution in [0.15, 0.2) is 35.3 Å². The van der Waals surface area contributed by atoms with Gasteiger partial charge >= 0.3 is 15.2 Å². The molecule has 0 aromatic heterocycles. The van der Waals surface area contributed by atoms with Gasteiger partial charge in [-0.2, -0.15) is 0 Å². The molecule has 0 aliphatic rings. The standard InChI is InChI=1S/C16H27NO6P2/c1-5-20-24(18,21-6-2)16(25(19,22-7-3)23-8-4)17-14-15-12-10-9-11-13-15/h9-14,16H,5-8H2,1-4H3. The minimum atomic E-state index is -3.86. The fraction of sp³-hybridized carbons (Fsp3) is 0.562. The maximum Gasteiger partial charge on any atom is 0.367 e. The first-order valence-electron chi connectivity index (χ1n) is 8.31. The SMILES string of the molecule is CCOP(=O)(OCC)C(N=Cc1ccccc1)P(=O)(OCC)OCC. The fourth-order valence-electron chi connectivity index (χ4n) is 2.09. The van der Waals surface area contributed by atoms with Crippen molar-refractivity contribution in [2.75, 3.05) is 26.4 Å². The summed E-state index contributed by atoms with van der Waals surface area (Å²) in [6.45, 7) is 7.18. The molecule has 9 heteroatoms. The van der Waals surface area contributed by atoms with Crippen molar-refractivity contribution in [3.05, 3.63) is 35.9 Å². The van der Waals surface area contributed by atoms with Gasteiger partial charge in [0.1, 0.15) is 0 Å². The summed E-state index contributed by atoms with van der Waals surface area (Å²) in [5, 5.41) is 0. The average Bonchev–Trinajstić information content (AvgIpc) is 2.56. The van der Waals surface area contributed by atoms with Gasteiger partial charge in [0.2, 0.25) is 0 Å². The summed E-state index contributed by atoms with van der Waals surface area (Å²) in [6, 6.07) is 9.18. The van der Waals surface area contributed by atoms with Crippen molar-refractivity contribution in [2.24, 2.45) is 4.99 Å². The van der Waals surface area contributed by atoms with Crippen LogP contribution in [0.2, 0.25) is 0 Å². The van der Waals surface area contributed by atoms with Gasteiger partial charge in [-0.3, -0.25) is 14.1 Å². The Bertz CT molecular complexity index is 572. The summed E-state index contributed by atoms with van der Waals surface area (Å²) in [6.07, 6.45) is 1.47. The first-order valence-corrected chi connectivity index (χ1v) is 11.5. The minimum Gasteiger partial charge on any atom is -0.307 e. The summed E-state index contributed by atoms with van der Waals surface area (Å²) in [4.78, 5) is 4.26. The molecule has 0 unspecified atom stereocenters. The van der Waals surface area contributed by atoms with Crippen molar-refractivity contribution in [2.45, 2.75) is 33.2 Å². The molecule has 0 amide bonds. The van der Waals surface area contributed by atoms with E-state index in [1.807, 2.05) is 30.3 Å². The van der Waals surface area contributed by atoms with E-state index >= 15 is 0 Å². The first kappa shape index (κ1) is 22.2. The third kappa shape index (κ3) is 6.45. The Morgan fingerprint density at radius 2 is 1.24 bits per heavy atom. The van der Waals surface area contributed by atoms with E-state index in [0.29, 0.717) is 0 Å². The summed E-state index contributed by atoms with van der Waals surface area (Å²) in [5.41, 5.74) is -0.633. The van der Waals surface area contributed by atoms with Crippen molar-refractivity contribution in [1.82, 2.24) is 0 Å². The molecule has 0 saturated carbocycles. The maximum atomic E-state index is 13.2. The van der Waals surface area contributed by atoms with E-state index in [4.69, 9.17) is 18.1 Å². The topological polar surface area (TPSA) is 83.4 Å². The number of rotatable bonds is 12. The number of aliphatic imine (C=N–C) groups is 1. The number of hydrogen-bond donors (Lipinski definition) is 0. The molecule has 1 aromatic rings. The van der Waals surface area contributed by atoms with Crippen molar-refractivity contribution in [3.63, 3.8) is 0 Å². The highest BCUT2D eigenvalue weighted by molar-refractivity contribution is 7.72. The van der Waals surface area contributed by atoms with Crippen molar-refractivity contribution < 1.29 is 27.2 Å². The molecule has 0 heterocycles. The molecule has 0 atom stereocenters. The van der Waals surface area contributed by atoms with Crippen molar-refractivity contribution >= 4 is 21.4 Å². The predicted molar refractivity (Wildman–Crippen MR) is 99.5 cm³/mol. The first-order chi connectivity index (χ1) is 12.0. The molecule has 0 N–H and O–H groups in total. The van der Waals surface area contributed by atoms with Gasteiger partial charge in [0.25, 0.3) is 5.52 Å². The van der Waals surface area contributed by atoms with Crippen LogP contribution < -0.4 is 0 Å². The molecule has 0 fully saturated rings. The highest BCUT2D eigenvalue weighted by Crippen LogP contribution is 2.70. The van der Waals surface area contributed by atoms with E-state index in [9.17, 15) is 9.13 Å². The third-order valence-electron chi connectivity index (χ3n) is 2.96. The summed E-state index contributed by atoms with van der Waals surface area (Å²) in [5.74, 6) is 0. The molecule has 0 saturated heterocycles. The largest absolute Gasteiger partial charge is 0.367 e. The van der Waals surface area contributed by atoms with Gasteiger partial charge in [-0.1, -0.05) is 30.3 Å². The monoisotopic (exact) mass is 391 g/mol. The zero-order valence-electron chi connectivity index (χ0n) is 15.2. The average molecular weight is 391 g/mol. The van der Waals surface area contributed by atoms with Gasteiger partial charge in [-0.05, 0) is 33.3 Å². The second-order valence-electron chi connectivity index (χ2n) is 4.79. The third-order valence-corrected chi connectivity index (χ3v) is 8.53. The molecule has 142 valence electrons.